The summed E-state index contributed by atoms with van der Waals surface area (Å²) in [4.78, 5) is 12.4. The zero-order valence-electron chi connectivity index (χ0n) is 21.4. The lowest BCUT2D eigenvalue weighted by molar-refractivity contribution is -0.245. The summed E-state index contributed by atoms with van der Waals surface area (Å²) in [6.45, 7) is 2.40. The molecular weight excluding hydrogens is 532 g/mol. The lowest BCUT2D eigenvalue weighted by Crippen LogP contribution is -2.31. The molecule has 202 valence electrons. The first kappa shape index (κ1) is 27.3. The molecule has 5 rings (SSSR count). The van der Waals surface area contributed by atoms with Gasteiger partial charge >= 0.3 is 6.03 Å². The van der Waals surface area contributed by atoms with Crippen LogP contribution in [0.1, 0.15) is 46.1 Å². The highest BCUT2D eigenvalue weighted by Crippen LogP contribution is 2.39. The Balaban J connectivity index is 1.24. The van der Waals surface area contributed by atoms with Gasteiger partial charge in [0, 0.05) is 30.0 Å². The van der Waals surface area contributed by atoms with Crippen LogP contribution in [0, 0.1) is 6.92 Å². The number of anilines is 1. The van der Waals surface area contributed by atoms with E-state index in [9.17, 15) is 9.90 Å². The number of nitrogens with zero attached hydrogens (tertiary/aromatic N) is 2. The standard InChI is InChI=1S/C29H30N4O4S2/c1-19-32-33-29(39-19)38-18-25-15-26(22-9-7-21(17-34)8-10-22)37-27(36-25)23-11-13-24(14-12-23)31-28(35)30-16-20-5-3-2-4-6-20/h2-14,25-27,34H,15-18H2,1H3,(H2,30,31,35)/t25-,26+,27+/m0/s1. The van der Waals surface area contributed by atoms with Gasteiger partial charge in [0.25, 0.3) is 0 Å². The summed E-state index contributed by atoms with van der Waals surface area (Å²) < 4.78 is 13.7. The first-order valence-corrected chi connectivity index (χ1v) is 14.5. The summed E-state index contributed by atoms with van der Waals surface area (Å²) in [5.74, 6) is 0.723. The largest absolute Gasteiger partial charge is 0.392 e. The van der Waals surface area contributed by atoms with E-state index in [-0.39, 0.29) is 24.8 Å². The fourth-order valence-corrected chi connectivity index (χ4v) is 6.06. The molecule has 0 bridgehead atoms. The highest BCUT2D eigenvalue weighted by molar-refractivity contribution is 8.01. The third kappa shape index (κ3) is 7.65. The van der Waals surface area contributed by atoms with Crippen molar-refractivity contribution in [3.63, 3.8) is 0 Å². The molecule has 1 aliphatic heterocycles. The number of urea groups is 1. The van der Waals surface area contributed by atoms with Crippen LogP contribution in [0.5, 0.6) is 0 Å². The van der Waals surface area contributed by atoms with Crippen molar-refractivity contribution in [2.45, 2.75) is 49.3 Å². The molecule has 0 spiro atoms. The summed E-state index contributed by atoms with van der Waals surface area (Å²) in [5, 5.41) is 24.4. The number of aliphatic hydroxyl groups excluding tert-OH is 1. The summed E-state index contributed by atoms with van der Waals surface area (Å²) in [7, 11) is 0. The number of thioether (sulfide) groups is 1. The van der Waals surface area contributed by atoms with Gasteiger partial charge in [-0.05, 0) is 35.7 Å². The van der Waals surface area contributed by atoms with Gasteiger partial charge in [-0.3, -0.25) is 0 Å². The SMILES string of the molecule is Cc1nnc(SC[C@@H]2C[C@H](c3ccc(CO)cc3)O[C@H](c3ccc(NC(=O)NCc4ccccc4)cc3)O2)s1. The minimum Gasteiger partial charge on any atom is -0.392 e. The molecule has 0 saturated carbocycles. The van der Waals surface area contributed by atoms with Crippen molar-refractivity contribution in [1.29, 1.82) is 0 Å². The number of nitrogens with one attached hydrogen (secondary N) is 2. The van der Waals surface area contributed by atoms with Gasteiger partial charge in [-0.1, -0.05) is 89.8 Å². The van der Waals surface area contributed by atoms with Gasteiger partial charge in [0.05, 0.1) is 18.8 Å². The Morgan fingerprint density at radius 2 is 1.72 bits per heavy atom. The van der Waals surface area contributed by atoms with Gasteiger partial charge in [0.15, 0.2) is 10.6 Å². The van der Waals surface area contributed by atoms with Crippen LogP contribution in [-0.2, 0) is 22.6 Å². The second-order valence-corrected chi connectivity index (χ2v) is 11.6. The molecular formula is C29H30N4O4S2. The Kier molecular flexibility index (Phi) is 9.23. The molecule has 2 amide bonds. The molecule has 10 heteroatoms. The Morgan fingerprint density at radius 3 is 2.41 bits per heavy atom. The summed E-state index contributed by atoms with van der Waals surface area (Å²) in [6, 6.07) is 24.8. The molecule has 1 aliphatic rings. The van der Waals surface area contributed by atoms with E-state index in [0.29, 0.717) is 18.7 Å². The molecule has 8 nitrogen and oxygen atoms in total. The number of ether oxygens (including phenoxy) is 2. The van der Waals surface area contributed by atoms with E-state index in [1.165, 1.54) is 0 Å². The third-order valence-corrected chi connectivity index (χ3v) is 8.36. The minimum absolute atomic E-state index is 0.00271. The second-order valence-electron chi connectivity index (χ2n) is 9.16. The number of hydrogen-bond donors (Lipinski definition) is 3. The first-order valence-electron chi connectivity index (χ1n) is 12.7. The molecule has 2 heterocycles. The molecule has 1 saturated heterocycles. The Morgan fingerprint density at radius 1 is 0.974 bits per heavy atom. The van der Waals surface area contributed by atoms with Crippen molar-refractivity contribution >= 4 is 34.8 Å². The van der Waals surface area contributed by atoms with Crippen molar-refractivity contribution in [1.82, 2.24) is 15.5 Å². The molecule has 3 atom stereocenters. The molecule has 3 N–H and O–H groups in total. The number of aliphatic hydroxyl groups is 1. The van der Waals surface area contributed by atoms with E-state index in [0.717, 1.165) is 37.4 Å². The normalized spacial score (nSPS) is 19.0. The fraction of sp³-hybridized carbons (Fsp3) is 0.276. The van der Waals surface area contributed by atoms with Crippen LogP contribution in [0.2, 0.25) is 0 Å². The number of amides is 2. The Bertz CT molecular complexity index is 1350. The minimum atomic E-state index is -0.566. The predicted octanol–water partition coefficient (Wildman–Crippen LogP) is 6.00. The molecule has 4 aromatic rings. The molecule has 1 fully saturated rings. The number of hydrogen-bond acceptors (Lipinski definition) is 8. The van der Waals surface area contributed by atoms with Gasteiger partial charge in [-0.15, -0.1) is 10.2 Å². The number of carbonyl (C=O) groups excluding carboxylic acids is 1. The number of benzene rings is 3. The molecule has 3 aromatic carbocycles. The highest BCUT2D eigenvalue weighted by Gasteiger charge is 2.32. The average Bonchev–Trinajstić information content (AvgIpc) is 3.40. The van der Waals surface area contributed by atoms with Crippen LogP contribution >= 0.6 is 23.1 Å². The van der Waals surface area contributed by atoms with Crippen molar-refractivity contribution in [3.8, 4) is 0 Å². The van der Waals surface area contributed by atoms with E-state index in [4.69, 9.17) is 9.47 Å². The maximum absolute atomic E-state index is 12.4. The zero-order chi connectivity index (χ0) is 27.0. The van der Waals surface area contributed by atoms with E-state index in [1.54, 1.807) is 23.1 Å². The predicted molar refractivity (Wildman–Crippen MR) is 153 cm³/mol. The monoisotopic (exact) mass is 562 g/mol. The lowest BCUT2D eigenvalue weighted by atomic mass is 10.0. The molecule has 0 unspecified atom stereocenters. The topological polar surface area (TPSA) is 106 Å². The number of aryl methyl sites for hydroxylation is 1. The van der Waals surface area contributed by atoms with Crippen LogP contribution in [-0.4, -0.2) is 33.2 Å². The van der Waals surface area contributed by atoms with Crippen molar-refractivity contribution in [2.24, 2.45) is 0 Å². The van der Waals surface area contributed by atoms with Crippen molar-refractivity contribution in [3.05, 3.63) is 106 Å². The highest BCUT2D eigenvalue weighted by atomic mass is 32.2. The van der Waals surface area contributed by atoms with Crippen molar-refractivity contribution < 1.29 is 19.4 Å². The van der Waals surface area contributed by atoms with E-state index in [1.807, 2.05) is 85.8 Å². The van der Waals surface area contributed by atoms with E-state index < -0.39 is 6.29 Å². The van der Waals surface area contributed by atoms with Crippen LogP contribution in [0.25, 0.3) is 0 Å². The zero-order valence-corrected chi connectivity index (χ0v) is 23.1. The maximum Gasteiger partial charge on any atom is 0.319 e. The van der Waals surface area contributed by atoms with Gasteiger partial charge in [-0.25, -0.2) is 4.79 Å². The van der Waals surface area contributed by atoms with Crippen LogP contribution in [0.15, 0.2) is 83.2 Å². The van der Waals surface area contributed by atoms with Crippen LogP contribution < -0.4 is 10.6 Å². The molecule has 0 radical (unpaired) electrons. The van der Waals surface area contributed by atoms with Gasteiger partial charge in [0.2, 0.25) is 0 Å². The van der Waals surface area contributed by atoms with Gasteiger partial charge in [-0.2, -0.15) is 0 Å². The molecule has 0 aliphatic carbocycles. The Hall–Kier alpha value is -3.28. The Labute approximate surface area is 235 Å². The van der Waals surface area contributed by atoms with Gasteiger partial charge in [0.1, 0.15) is 5.01 Å². The van der Waals surface area contributed by atoms with Crippen LogP contribution in [0.4, 0.5) is 10.5 Å². The van der Waals surface area contributed by atoms with Crippen molar-refractivity contribution in [2.75, 3.05) is 11.1 Å². The third-order valence-electron chi connectivity index (χ3n) is 6.25. The maximum atomic E-state index is 12.4. The number of aromatic nitrogens is 2. The van der Waals surface area contributed by atoms with Crippen LogP contribution in [0.3, 0.4) is 0 Å². The first-order chi connectivity index (χ1) is 19.1. The number of rotatable bonds is 9. The molecule has 39 heavy (non-hydrogen) atoms. The summed E-state index contributed by atoms with van der Waals surface area (Å²) in [6.07, 6.45) is -0.105. The second kappa shape index (κ2) is 13.2. The molecule has 1 aromatic heterocycles. The van der Waals surface area contributed by atoms with E-state index >= 15 is 0 Å². The lowest BCUT2D eigenvalue weighted by Gasteiger charge is -2.36. The summed E-state index contributed by atoms with van der Waals surface area (Å²) >= 11 is 3.21. The summed E-state index contributed by atoms with van der Waals surface area (Å²) in [5.41, 5.74) is 4.47. The smallest absolute Gasteiger partial charge is 0.319 e. The number of carbonyl (C=O) groups is 1. The van der Waals surface area contributed by atoms with E-state index in [2.05, 4.69) is 20.8 Å². The quantitative estimate of drug-likeness (QED) is 0.215. The van der Waals surface area contributed by atoms with Gasteiger partial charge < -0.3 is 25.2 Å². The fourth-order valence-electron chi connectivity index (χ4n) is 4.20. The average molecular weight is 563 g/mol.